The average molecular weight is 387 g/mol. The second kappa shape index (κ2) is 9.00. The van der Waals surface area contributed by atoms with Gasteiger partial charge in [0.25, 0.3) is 0 Å². The molecule has 0 bridgehead atoms. The van der Waals surface area contributed by atoms with Crippen molar-refractivity contribution in [2.24, 2.45) is 0 Å². The molecular weight excluding hydrogens is 354 g/mol. The molecule has 0 unspecified atom stereocenters. The van der Waals surface area contributed by atoms with Gasteiger partial charge in [-0.2, -0.15) is 0 Å². The van der Waals surface area contributed by atoms with Crippen LogP contribution in [0.2, 0.25) is 11.8 Å². The van der Waals surface area contributed by atoms with Crippen molar-refractivity contribution in [3.8, 4) is 0 Å². The van der Waals surface area contributed by atoms with Crippen molar-refractivity contribution in [2.75, 3.05) is 0 Å². The van der Waals surface area contributed by atoms with Gasteiger partial charge < -0.3 is 4.70 Å². The third kappa shape index (κ3) is 4.36. The summed E-state index contributed by atoms with van der Waals surface area (Å²) in [5.74, 6) is 0. The Kier molecular flexibility index (Phi) is 7.69. The van der Waals surface area contributed by atoms with Gasteiger partial charge in [-0.1, -0.05) is 0 Å². The molecule has 0 amide bonds. The van der Waals surface area contributed by atoms with E-state index in [1.165, 1.54) is 11.8 Å². The fraction of sp³-hybridized carbons (Fsp3) is 1.00. The zero-order valence-electron chi connectivity index (χ0n) is 13.2. The number of hydrogen-bond acceptors (Lipinski definition) is 0. The van der Waals surface area contributed by atoms with E-state index in [1.54, 1.807) is 96.3 Å². The summed E-state index contributed by atoms with van der Waals surface area (Å²) < 4.78 is 3.96. The first kappa shape index (κ1) is 17.1. The van der Waals surface area contributed by atoms with E-state index >= 15 is 0 Å². The molecule has 3 saturated carbocycles. The molecule has 2 heteroatoms. The van der Waals surface area contributed by atoms with Crippen LogP contribution in [-0.2, 0) is 0 Å². The van der Waals surface area contributed by atoms with Crippen LogP contribution in [0.5, 0.6) is 0 Å². The molecule has 3 rings (SSSR count). The van der Waals surface area contributed by atoms with Gasteiger partial charge in [-0.3, -0.25) is 0 Å². The summed E-state index contributed by atoms with van der Waals surface area (Å²) in [5, 5.41) is 0. The van der Waals surface area contributed by atoms with Gasteiger partial charge in [0.1, 0.15) is 0 Å². The summed E-state index contributed by atoms with van der Waals surface area (Å²) in [6, 6.07) is 0. The van der Waals surface area contributed by atoms with Crippen molar-refractivity contribution in [1.82, 2.24) is 0 Å². The van der Waals surface area contributed by atoms with Crippen molar-refractivity contribution >= 4 is 19.8 Å². The first-order valence-electron chi connectivity index (χ1n) is 9.32. The van der Waals surface area contributed by atoms with Crippen LogP contribution in [-0.4, -0.2) is 19.8 Å². The standard InChI is InChI=1S/3C6H11.FH.Sn/c3*1-2-4-6-5-3-1;;/h3*1H,2-6H2;1H;/q;;;;+1/p-1. The minimum Gasteiger partial charge on any atom is -1.00 e. The van der Waals surface area contributed by atoms with Gasteiger partial charge in [-0.15, -0.1) is 0 Å². The Bertz CT molecular complexity index is 207. The van der Waals surface area contributed by atoms with E-state index in [0.717, 1.165) is 0 Å². The fourth-order valence-electron chi connectivity index (χ4n) is 5.31. The van der Waals surface area contributed by atoms with E-state index in [2.05, 4.69) is 0 Å². The van der Waals surface area contributed by atoms with Crippen LogP contribution < -0.4 is 4.70 Å². The Hall–Kier alpha value is 0.729. The monoisotopic (exact) mass is 388 g/mol. The molecule has 0 aliphatic heterocycles. The van der Waals surface area contributed by atoms with Crippen LogP contribution in [0.4, 0.5) is 0 Å². The molecule has 3 fully saturated rings. The number of halogens is 1. The summed E-state index contributed by atoms with van der Waals surface area (Å²) in [6.45, 7) is 0. The van der Waals surface area contributed by atoms with Gasteiger partial charge in [-0.05, 0) is 0 Å². The quantitative estimate of drug-likeness (QED) is 0.651. The van der Waals surface area contributed by atoms with E-state index < -0.39 is 19.8 Å². The third-order valence-corrected chi connectivity index (χ3v) is 19.2. The summed E-state index contributed by atoms with van der Waals surface area (Å²) in [5.41, 5.74) is 0. The maximum absolute atomic E-state index is 1.67. The Morgan fingerprint density at radius 2 is 0.650 bits per heavy atom. The van der Waals surface area contributed by atoms with Crippen molar-refractivity contribution in [2.45, 2.75) is 108 Å². The molecule has 0 aromatic carbocycles. The van der Waals surface area contributed by atoms with E-state index in [0.29, 0.717) is 0 Å². The maximum Gasteiger partial charge on any atom is -1.00 e. The molecule has 0 nitrogen and oxygen atoms in total. The van der Waals surface area contributed by atoms with Crippen molar-refractivity contribution < 1.29 is 4.70 Å². The van der Waals surface area contributed by atoms with Crippen molar-refractivity contribution in [3.05, 3.63) is 0 Å². The van der Waals surface area contributed by atoms with Crippen LogP contribution in [0.25, 0.3) is 0 Å². The average Bonchev–Trinajstić information content (AvgIpc) is 2.51. The molecule has 0 aromatic rings. The molecule has 0 spiro atoms. The van der Waals surface area contributed by atoms with Gasteiger partial charge in [-0.25, -0.2) is 0 Å². The van der Waals surface area contributed by atoms with Crippen LogP contribution in [0.15, 0.2) is 0 Å². The molecule has 3 aliphatic rings. The van der Waals surface area contributed by atoms with Crippen LogP contribution >= 0.6 is 0 Å². The second-order valence-electron chi connectivity index (χ2n) is 7.50. The van der Waals surface area contributed by atoms with Gasteiger partial charge in [0.05, 0.1) is 0 Å². The van der Waals surface area contributed by atoms with E-state index in [9.17, 15) is 0 Å². The first-order valence-corrected chi connectivity index (χ1v) is 14.3. The molecule has 3 aliphatic carbocycles. The van der Waals surface area contributed by atoms with Crippen molar-refractivity contribution in [1.29, 1.82) is 0 Å². The Balaban J connectivity index is 0.00000147. The van der Waals surface area contributed by atoms with E-state index in [-0.39, 0.29) is 4.70 Å². The second-order valence-corrected chi connectivity index (χ2v) is 17.3. The third-order valence-electron chi connectivity index (χ3n) is 6.23. The summed E-state index contributed by atoms with van der Waals surface area (Å²) in [7, 11) is 0. The zero-order chi connectivity index (χ0) is 12.9. The van der Waals surface area contributed by atoms with E-state index in [4.69, 9.17) is 0 Å². The minimum atomic E-state index is -1.15. The maximum atomic E-state index is 1.67. The molecule has 0 saturated heterocycles. The van der Waals surface area contributed by atoms with Gasteiger partial charge >= 0.3 is 128 Å². The Labute approximate surface area is 132 Å². The predicted octanol–water partition coefficient (Wildman–Crippen LogP) is 3.49. The minimum absolute atomic E-state index is 0. The molecule has 0 radical (unpaired) electrons. The molecule has 0 heterocycles. The predicted molar refractivity (Wildman–Crippen MR) is 86.3 cm³/mol. The van der Waals surface area contributed by atoms with Crippen molar-refractivity contribution in [3.63, 3.8) is 0 Å². The molecule has 0 aromatic heterocycles. The smallest absolute Gasteiger partial charge is 1.00 e. The molecule has 0 N–H and O–H groups in total. The topological polar surface area (TPSA) is 0 Å². The van der Waals surface area contributed by atoms with Gasteiger partial charge in [0, 0.05) is 0 Å². The van der Waals surface area contributed by atoms with E-state index in [1.807, 2.05) is 0 Å². The summed E-state index contributed by atoms with van der Waals surface area (Å²) in [6.07, 6.45) is 24.2. The molecule has 20 heavy (non-hydrogen) atoms. The van der Waals surface area contributed by atoms with Crippen LogP contribution in [0.1, 0.15) is 96.3 Å². The van der Waals surface area contributed by atoms with Crippen LogP contribution in [0.3, 0.4) is 0 Å². The summed E-state index contributed by atoms with van der Waals surface area (Å²) in [4.78, 5) is 0. The first-order chi connectivity index (χ1) is 9.45. The molecular formula is C18H33FSn. The van der Waals surface area contributed by atoms with Gasteiger partial charge in [0.2, 0.25) is 0 Å². The molecule has 0 atom stereocenters. The number of hydrogen-bond donors (Lipinski definition) is 0. The van der Waals surface area contributed by atoms with Crippen LogP contribution in [0, 0.1) is 0 Å². The number of rotatable bonds is 3. The molecule has 116 valence electrons. The normalized spacial score (nSPS) is 27.0. The zero-order valence-corrected chi connectivity index (χ0v) is 16.1. The van der Waals surface area contributed by atoms with Gasteiger partial charge in [0.15, 0.2) is 0 Å². The SMILES string of the molecule is C1CC[CH]([Sn+]([CH]2CCCCC2)[CH]2CCCCC2)CC1.[F-]. The largest absolute Gasteiger partial charge is 1.00 e. The fourth-order valence-corrected chi connectivity index (χ4v) is 20.2. The summed E-state index contributed by atoms with van der Waals surface area (Å²) >= 11 is -1.15. The Morgan fingerprint density at radius 1 is 0.400 bits per heavy atom. The Morgan fingerprint density at radius 3 is 0.900 bits per heavy atom.